The van der Waals surface area contributed by atoms with E-state index < -0.39 is 34.0 Å². The van der Waals surface area contributed by atoms with Gasteiger partial charge in [0.15, 0.2) is 23.3 Å². The van der Waals surface area contributed by atoms with Crippen molar-refractivity contribution in [2.75, 3.05) is 0 Å². The van der Waals surface area contributed by atoms with E-state index in [2.05, 4.69) is 0 Å². The molecule has 1 aromatic carbocycles. The third-order valence-electron chi connectivity index (χ3n) is 1.29. The van der Waals surface area contributed by atoms with E-state index in [4.69, 9.17) is 0 Å². The minimum absolute atomic E-state index is 0.379. The summed E-state index contributed by atoms with van der Waals surface area (Å²) in [5, 5.41) is 0. The highest BCUT2D eigenvalue weighted by Gasteiger charge is 2.24. The molecule has 0 heterocycles. The van der Waals surface area contributed by atoms with Crippen LogP contribution >= 0.6 is 19.8 Å². The van der Waals surface area contributed by atoms with E-state index in [9.17, 15) is 22.0 Å². The van der Waals surface area contributed by atoms with Crippen LogP contribution in [0.4, 0.5) is 22.0 Å². The standard InChI is InChI=1S/C6H2F5PS/c7-1-2(8)4(10)6(13-12)5(11)3(1)9/h12H2. The van der Waals surface area contributed by atoms with Gasteiger partial charge < -0.3 is 0 Å². The summed E-state index contributed by atoms with van der Waals surface area (Å²) in [7, 11) is 1.80. The van der Waals surface area contributed by atoms with Gasteiger partial charge in [-0.05, 0) is 0 Å². The lowest BCUT2D eigenvalue weighted by molar-refractivity contribution is 0.361. The quantitative estimate of drug-likeness (QED) is 0.310. The summed E-state index contributed by atoms with van der Waals surface area (Å²) in [4.78, 5) is -0.901. The number of hydrogen-bond acceptors (Lipinski definition) is 1. The smallest absolute Gasteiger partial charge is 0.200 e. The van der Waals surface area contributed by atoms with E-state index in [0.29, 0.717) is 11.4 Å². The third kappa shape index (κ3) is 1.65. The van der Waals surface area contributed by atoms with Crippen LogP contribution in [-0.4, -0.2) is 0 Å². The monoisotopic (exact) mass is 232 g/mol. The molecule has 0 spiro atoms. The fourth-order valence-corrected chi connectivity index (χ4v) is 1.70. The number of hydrogen-bond donors (Lipinski definition) is 0. The van der Waals surface area contributed by atoms with Crippen molar-refractivity contribution in [3.8, 4) is 0 Å². The molecule has 1 atom stereocenters. The van der Waals surface area contributed by atoms with Crippen molar-refractivity contribution in [1.29, 1.82) is 0 Å². The predicted octanol–water partition coefficient (Wildman–Crippen LogP) is 3.26. The minimum atomic E-state index is -2.14. The molecule has 0 amide bonds. The van der Waals surface area contributed by atoms with Gasteiger partial charge in [-0.15, -0.1) is 0 Å². The third-order valence-corrected chi connectivity index (χ3v) is 2.59. The second-order valence-corrected chi connectivity index (χ2v) is 3.37. The van der Waals surface area contributed by atoms with Crippen molar-refractivity contribution in [2.24, 2.45) is 0 Å². The van der Waals surface area contributed by atoms with Gasteiger partial charge in [-0.3, -0.25) is 0 Å². The summed E-state index contributed by atoms with van der Waals surface area (Å²) >= 11 is 0.379. The number of benzene rings is 1. The highest BCUT2D eigenvalue weighted by Crippen LogP contribution is 2.33. The van der Waals surface area contributed by atoms with Crippen molar-refractivity contribution in [1.82, 2.24) is 0 Å². The highest BCUT2D eigenvalue weighted by atomic mass is 32.7. The van der Waals surface area contributed by atoms with Crippen LogP contribution in [-0.2, 0) is 0 Å². The molecule has 7 heteroatoms. The van der Waals surface area contributed by atoms with Crippen molar-refractivity contribution < 1.29 is 22.0 Å². The molecule has 1 aromatic rings. The maximum Gasteiger partial charge on any atom is 0.200 e. The van der Waals surface area contributed by atoms with Crippen LogP contribution in [0.3, 0.4) is 0 Å². The number of halogens is 5. The Hall–Kier alpha value is -0.350. The van der Waals surface area contributed by atoms with Gasteiger partial charge in [-0.25, -0.2) is 22.0 Å². The molecule has 0 N–H and O–H groups in total. The fourth-order valence-electron chi connectivity index (χ4n) is 0.688. The minimum Gasteiger partial charge on any atom is -0.202 e. The molecule has 0 saturated heterocycles. The van der Waals surface area contributed by atoms with Crippen LogP contribution in [0.25, 0.3) is 0 Å². The molecule has 13 heavy (non-hydrogen) atoms. The Morgan fingerprint density at radius 3 is 1.31 bits per heavy atom. The van der Waals surface area contributed by atoms with Crippen LogP contribution in [0.2, 0.25) is 0 Å². The summed E-state index contributed by atoms with van der Waals surface area (Å²) in [5.41, 5.74) is 0. The van der Waals surface area contributed by atoms with Crippen LogP contribution in [0.5, 0.6) is 0 Å². The Morgan fingerprint density at radius 2 is 1.00 bits per heavy atom. The summed E-state index contributed by atoms with van der Waals surface area (Å²) in [5.74, 6) is -9.61. The molecule has 0 nitrogen and oxygen atoms in total. The van der Waals surface area contributed by atoms with Crippen molar-refractivity contribution in [3.05, 3.63) is 29.1 Å². The van der Waals surface area contributed by atoms with Crippen molar-refractivity contribution in [3.63, 3.8) is 0 Å². The summed E-state index contributed by atoms with van der Waals surface area (Å²) in [6.07, 6.45) is 0. The largest absolute Gasteiger partial charge is 0.202 e. The van der Waals surface area contributed by atoms with Crippen molar-refractivity contribution in [2.45, 2.75) is 4.90 Å². The van der Waals surface area contributed by atoms with E-state index in [-0.39, 0.29) is 0 Å². The molecule has 1 rings (SSSR count). The average molecular weight is 232 g/mol. The molecule has 0 aliphatic carbocycles. The van der Waals surface area contributed by atoms with E-state index in [0.717, 1.165) is 0 Å². The molecule has 72 valence electrons. The molecule has 0 fully saturated rings. The van der Waals surface area contributed by atoms with Gasteiger partial charge >= 0.3 is 0 Å². The summed E-state index contributed by atoms with van der Waals surface area (Å²) in [6.45, 7) is 0. The summed E-state index contributed by atoms with van der Waals surface area (Å²) < 4.78 is 62.5. The molecule has 0 aliphatic heterocycles. The zero-order valence-corrected chi connectivity index (χ0v) is 7.85. The van der Waals surface area contributed by atoms with E-state index in [1.807, 2.05) is 0 Å². The second-order valence-electron chi connectivity index (χ2n) is 2.02. The second kappa shape index (κ2) is 3.80. The zero-order chi connectivity index (χ0) is 10.2. The topological polar surface area (TPSA) is 0 Å². The molecule has 0 bridgehead atoms. The number of rotatable bonds is 1. The van der Waals surface area contributed by atoms with Crippen LogP contribution in [0, 0.1) is 29.1 Å². The predicted molar refractivity (Wildman–Crippen MR) is 41.8 cm³/mol. The Bertz CT molecular complexity index is 324. The first kappa shape index (κ1) is 10.7. The lowest BCUT2D eigenvalue weighted by Gasteiger charge is -2.04. The summed E-state index contributed by atoms with van der Waals surface area (Å²) in [6, 6.07) is 0. The Kier molecular flexibility index (Phi) is 3.14. The Labute approximate surface area is 76.5 Å². The molecule has 0 radical (unpaired) electrons. The maximum atomic E-state index is 12.6. The molecule has 0 saturated carbocycles. The Balaban J connectivity index is 3.56. The van der Waals surface area contributed by atoms with Gasteiger partial charge in [-0.2, -0.15) is 0 Å². The first-order chi connectivity index (χ1) is 6.00. The lowest BCUT2D eigenvalue weighted by Crippen LogP contribution is -2.02. The molecular weight excluding hydrogens is 230 g/mol. The first-order valence-corrected chi connectivity index (χ1v) is 5.18. The van der Waals surface area contributed by atoms with E-state index in [1.54, 1.807) is 8.44 Å². The SMILES string of the molecule is Fc1c(F)c(F)c(SP)c(F)c1F. The van der Waals surface area contributed by atoms with Gasteiger partial charge in [0.05, 0.1) is 4.90 Å². The van der Waals surface area contributed by atoms with E-state index >= 15 is 0 Å². The fraction of sp³-hybridized carbons (Fsp3) is 0. The van der Waals surface area contributed by atoms with Gasteiger partial charge in [0.2, 0.25) is 5.82 Å². The van der Waals surface area contributed by atoms with Crippen LogP contribution in [0.15, 0.2) is 4.90 Å². The normalized spacial score (nSPS) is 10.6. The molecule has 0 aliphatic rings. The maximum absolute atomic E-state index is 12.6. The van der Waals surface area contributed by atoms with Gasteiger partial charge in [-0.1, -0.05) is 19.8 Å². The first-order valence-electron chi connectivity index (χ1n) is 2.88. The Morgan fingerprint density at radius 1 is 0.692 bits per heavy atom. The van der Waals surface area contributed by atoms with Crippen LogP contribution in [0.1, 0.15) is 0 Å². The van der Waals surface area contributed by atoms with Crippen molar-refractivity contribution >= 4 is 19.8 Å². The lowest BCUT2D eigenvalue weighted by atomic mass is 10.3. The molecule has 1 unspecified atom stereocenters. The zero-order valence-electron chi connectivity index (χ0n) is 5.88. The van der Waals surface area contributed by atoms with Gasteiger partial charge in [0, 0.05) is 0 Å². The molecule has 0 aromatic heterocycles. The molecular formula is C6H2F5PS. The van der Waals surface area contributed by atoms with Gasteiger partial charge in [0.25, 0.3) is 0 Å². The van der Waals surface area contributed by atoms with E-state index in [1.165, 1.54) is 0 Å². The average Bonchev–Trinajstić information content (AvgIpc) is 2.13. The van der Waals surface area contributed by atoms with Crippen LogP contribution < -0.4 is 0 Å². The highest BCUT2D eigenvalue weighted by molar-refractivity contribution is 8.43. The van der Waals surface area contributed by atoms with Gasteiger partial charge in [0.1, 0.15) is 0 Å².